The van der Waals surface area contributed by atoms with Crippen molar-refractivity contribution in [1.29, 1.82) is 0 Å². The van der Waals surface area contributed by atoms with Crippen LogP contribution in [0.4, 0.5) is 5.69 Å². The van der Waals surface area contributed by atoms with Crippen molar-refractivity contribution in [2.75, 3.05) is 18.1 Å². The van der Waals surface area contributed by atoms with Gasteiger partial charge >= 0.3 is 0 Å². The summed E-state index contributed by atoms with van der Waals surface area (Å²) in [5, 5.41) is 2.68. The van der Waals surface area contributed by atoms with Crippen LogP contribution in [0.25, 0.3) is 0 Å². The Morgan fingerprint density at radius 1 is 1.12 bits per heavy atom. The lowest BCUT2D eigenvalue weighted by Crippen LogP contribution is -2.36. The van der Waals surface area contributed by atoms with E-state index in [-0.39, 0.29) is 18.4 Å². The number of nitrogens with zero attached hydrogens (tertiary/aromatic N) is 1. The fourth-order valence-electron chi connectivity index (χ4n) is 2.81. The maximum atomic E-state index is 12.5. The molecular formula is C20H22N2O3. The normalized spacial score (nSPS) is 13.9. The molecule has 0 saturated heterocycles. The van der Waals surface area contributed by atoms with Crippen LogP contribution in [-0.4, -0.2) is 25.0 Å². The molecule has 0 saturated carbocycles. The molecule has 0 fully saturated rings. The van der Waals surface area contributed by atoms with Crippen LogP contribution < -0.4 is 15.0 Å². The number of ether oxygens (including phenoxy) is 1. The van der Waals surface area contributed by atoms with Crippen molar-refractivity contribution in [1.82, 2.24) is 5.32 Å². The number of benzene rings is 2. The molecule has 0 spiro atoms. The summed E-state index contributed by atoms with van der Waals surface area (Å²) in [5.41, 5.74) is 3.16. The Morgan fingerprint density at radius 3 is 2.60 bits per heavy atom. The van der Waals surface area contributed by atoms with Crippen molar-refractivity contribution in [3.63, 3.8) is 0 Å². The van der Waals surface area contributed by atoms with E-state index in [1.807, 2.05) is 49.4 Å². The second kappa shape index (κ2) is 7.38. The number of carbonyl (C=O) groups excluding carboxylic acids is 2. The highest BCUT2D eigenvalue weighted by Crippen LogP contribution is 2.26. The molecule has 1 heterocycles. The Bertz CT molecular complexity index is 784. The van der Waals surface area contributed by atoms with Gasteiger partial charge in [-0.1, -0.05) is 30.7 Å². The molecule has 3 rings (SSSR count). The maximum absolute atomic E-state index is 12.5. The predicted octanol–water partition coefficient (Wildman–Crippen LogP) is 3.06. The van der Waals surface area contributed by atoms with Gasteiger partial charge in [0.1, 0.15) is 5.75 Å². The quantitative estimate of drug-likeness (QED) is 0.911. The topological polar surface area (TPSA) is 58.6 Å². The van der Waals surface area contributed by atoms with Crippen LogP contribution in [0.2, 0.25) is 0 Å². The van der Waals surface area contributed by atoms with E-state index in [2.05, 4.69) is 12.2 Å². The largest absolute Gasteiger partial charge is 0.494 e. The molecule has 5 nitrogen and oxygen atoms in total. The van der Waals surface area contributed by atoms with E-state index in [1.165, 1.54) is 0 Å². The summed E-state index contributed by atoms with van der Waals surface area (Å²) >= 11 is 0. The Balaban J connectivity index is 1.86. The number of hydrogen-bond acceptors (Lipinski definition) is 3. The smallest absolute Gasteiger partial charge is 0.253 e. The minimum atomic E-state index is -0.210. The molecule has 0 radical (unpaired) electrons. The van der Waals surface area contributed by atoms with Crippen LogP contribution in [0.1, 0.15) is 34.8 Å². The second-order valence-electron chi connectivity index (χ2n) is 6.18. The molecular weight excluding hydrogens is 316 g/mol. The molecule has 1 N–H and O–H groups in total. The number of amides is 2. The minimum Gasteiger partial charge on any atom is -0.494 e. The van der Waals surface area contributed by atoms with E-state index in [4.69, 9.17) is 4.74 Å². The molecule has 2 aromatic carbocycles. The highest BCUT2D eigenvalue weighted by molar-refractivity contribution is 6.09. The summed E-state index contributed by atoms with van der Waals surface area (Å²) in [6.07, 6.45) is 0.960. The number of anilines is 1. The predicted molar refractivity (Wildman–Crippen MR) is 96.9 cm³/mol. The molecule has 0 aliphatic carbocycles. The Labute approximate surface area is 147 Å². The van der Waals surface area contributed by atoms with Crippen molar-refractivity contribution in [3.05, 3.63) is 59.2 Å². The Kier molecular flexibility index (Phi) is 5.03. The van der Waals surface area contributed by atoms with Gasteiger partial charge in [0, 0.05) is 0 Å². The van der Waals surface area contributed by atoms with Crippen LogP contribution in [-0.2, 0) is 11.3 Å². The van der Waals surface area contributed by atoms with E-state index in [9.17, 15) is 9.59 Å². The maximum Gasteiger partial charge on any atom is 0.253 e. The highest BCUT2D eigenvalue weighted by Gasteiger charge is 2.26. The Hall–Kier alpha value is -2.82. The van der Waals surface area contributed by atoms with Gasteiger partial charge in [-0.3, -0.25) is 9.59 Å². The van der Waals surface area contributed by atoms with Crippen molar-refractivity contribution >= 4 is 17.5 Å². The fraction of sp³-hybridized carbons (Fsp3) is 0.300. The number of carbonyl (C=O) groups is 2. The molecule has 25 heavy (non-hydrogen) atoms. The lowest BCUT2D eigenvalue weighted by molar-refractivity contribution is -0.117. The molecule has 130 valence electrons. The Morgan fingerprint density at radius 2 is 1.88 bits per heavy atom. The van der Waals surface area contributed by atoms with E-state index < -0.39 is 0 Å². The molecule has 5 heteroatoms. The molecule has 0 bridgehead atoms. The third-order valence-electron chi connectivity index (χ3n) is 4.13. The zero-order chi connectivity index (χ0) is 17.8. The first-order valence-corrected chi connectivity index (χ1v) is 8.49. The molecule has 0 atom stereocenters. The molecule has 1 aliphatic rings. The zero-order valence-electron chi connectivity index (χ0n) is 14.5. The van der Waals surface area contributed by atoms with E-state index >= 15 is 0 Å². The van der Waals surface area contributed by atoms with Crippen molar-refractivity contribution in [2.45, 2.75) is 26.8 Å². The SMILES string of the molecule is CCCOc1ccc(CN2C(=O)CNC(=O)c3cc(C)ccc32)cc1. The van der Waals surface area contributed by atoms with Crippen LogP contribution in [0.15, 0.2) is 42.5 Å². The van der Waals surface area contributed by atoms with Gasteiger partial charge in [0.15, 0.2) is 0 Å². The van der Waals surface area contributed by atoms with Crippen LogP contribution in [0, 0.1) is 6.92 Å². The van der Waals surface area contributed by atoms with Gasteiger partial charge in [-0.25, -0.2) is 0 Å². The van der Waals surface area contributed by atoms with Crippen LogP contribution in [0.5, 0.6) is 5.75 Å². The highest BCUT2D eigenvalue weighted by atomic mass is 16.5. The lowest BCUT2D eigenvalue weighted by Gasteiger charge is -2.22. The molecule has 1 aliphatic heterocycles. The monoisotopic (exact) mass is 338 g/mol. The van der Waals surface area contributed by atoms with Gasteiger partial charge in [0.25, 0.3) is 5.91 Å². The average Bonchev–Trinajstić information content (AvgIpc) is 2.73. The average molecular weight is 338 g/mol. The summed E-state index contributed by atoms with van der Waals surface area (Å²) in [6, 6.07) is 13.3. The molecule has 0 aromatic heterocycles. The number of nitrogens with one attached hydrogen (secondary N) is 1. The van der Waals surface area contributed by atoms with Crippen LogP contribution in [0.3, 0.4) is 0 Å². The molecule has 2 amide bonds. The van der Waals surface area contributed by atoms with E-state index in [1.54, 1.807) is 4.90 Å². The van der Waals surface area contributed by atoms with Crippen molar-refractivity contribution in [3.8, 4) is 5.75 Å². The summed E-state index contributed by atoms with van der Waals surface area (Å²) in [5.74, 6) is 0.487. The van der Waals surface area contributed by atoms with Gasteiger partial charge in [-0.15, -0.1) is 0 Å². The summed E-state index contributed by atoms with van der Waals surface area (Å²) in [7, 11) is 0. The van der Waals surface area contributed by atoms with E-state index in [0.717, 1.165) is 23.3 Å². The van der Waals surface area contributed by atoms with Gasteiger partial charge in [-0.05, 0) is 43.2 Å². The lowest BCUT2D eigenvalue weighted by atomic mass is 10.1. The minimum absolute atomic E-state index is 0.00422. The van der Waals surface area contributed by atoms with Gasteiger partial charge < -0.3 is 15.0 Å². The first kappa shape index (κ1) is 17.0. The molecule has 2 aromatic rings. The number of hydrogen-bond donors (Lipinski definition) is 1. The summed E-state index contributed by atoms with van der Waals surface area (Å²) in [4.78, 5) is 26.4. The van der Waals surface area contributed by atoms with Gasteiger partial charge in [0.05, 0.1) is 30.9 Å². The standard InChI is InChI=1S/C20H22N2O3/c1-3-10-25-16-7-5-15(6-8-16)13-22-18-9-4-14(2)11-17(18)20(24)21-12-19(22)23/h4-9,11H,3,10,12-13H2,1-2H3,(H,21,24). The van der Waals surface area contributed by atoms with Crippen molar-refractivity contribution < 1.29 is 14.3 Å². The number of rotatable bonds is 5. The van der Waals surface area contributed by atoms with Gasteiger partial charge in [0.2, 0.25) is 5.91 Å². The third-order valence-corrected chi connectivity index (χ3v) is 4.13. The first-order valence-electron chi connectivity index (χ1n) is 8.49. The summed E-state index contributed by atoms with van der Waals surface area (Å²) in [6.45, 7) is 5.10. The number of aryl methyl sites for hydroxylation is 1. The first-order chi connectivity index (χ1) is 12.1. The van der Waals surface area contributed by atoms with Gasteiger partial charge in [-0.2, -0.15) is 0 Å². The fourth-order valence-corrected chi connectivity index (χ4v) is 2.81. The number of fused-ring (bicyclic) bond motifs is 1. The molecule has 0 unspecified atom stereocenters. The van der Waals surface area contributed by atoms with E-state index in [0.29, 0.717) is 24.4 Å². The summed E-state index contributed by atoms with van der Waals surface area (Å²) < 4.78 is 5.59. The third kappa shape index (κ3) is 3.82. The van der Waals surface area contributed by atoms with Crippen molar-refractivity contribution in [2.24, 2.45) is 0 Å². The second-order valence-corrected chi connectivity index (χ2v) is 6.18. The zero-order valence-corrected chi connectivity index (χ0v) is 14.5. The van der Waals surface area contributed by atoms with Crippen LogP contribution >= 0.6 is 0 Å².